The molecule has 1 aliphatic heterocycles. The van der Waals surface area contributed by atoms with Crippen molar-refractivity contribution in [1.82, 2.24) is 16.1 Å². The lowest BCUT2D eigenvalue weighted by molar-refractivity contribution is -0.124. The first-order valence-electron chi connectivity index (χ1n) is 5.68. The summed E-state index contributed by atoms with van der Waals surface area (Å²) in [4.78, 5) is 15.7. The molecule has 1 amide bonds. The Bertz CT molecular complexity index is 264. The van der Waals surface area contributed by atoms with Crippen LogP contribution in [0.25, 0.3) is 0 Å². The van der Waals surface area contributed by atoms with Gasteiger partial charge in [0, 0.05) is 13.1 Å². The minimum absolute atomic E-state index is 0.0127. The normalized spacial score (nSPS) is 21.9. The average molecular weight is 227 g/mol. The van der Waals surface area contributed by atoms with Gasteiger partial charge in [-0.05, 0) is 18.8 Å². The summed E-state index contributed by atoms with van der Waals surface area (Å²) in [6, 6.07) is -0.226. The Hall–Kier alpha value is -1.30. The number of carbonyl (C=O) groups excluding carboxylic acids is 1. The molecule has 0 aromatic carbocycles. The number of aliphatic imine (C=N–C) groups is 1. The fourth-order valence-corrected chi connectivity index (χ4v) is 1.48. The van der Waals surface area contributed by atoms with Crippen molar-refractivity contribution in [2.45, 2.75) is 32.7 Å². The Morgan fingerprint density at radius 2 is 2.44 bits per heavy atom. The van der Waals surface area contributed by atoms with E-state index < -0.39 is 0 Å². The Balaban J connectivity index is 2.48. The number of nitrogens with one attached hydrogen (secondary N) is 3. The fourth-order valence-electron chi connectivity index (χ4n) is 1.48. The van der Waals surface area contributed by atoms with Gasteiger partial charge in [-0.25, -0.2) is 5.84 Å². The molecular weight excluding hydrogens is 206 g/mol. The largest absolute Gasteiger partial charge is 0.354 e. The van der Waals surface area contributed by atoms with Crippen LogP contribution in [-0.4, -0.2) is 31.0 Å². The summed E-state index contributed by atoms with van der Waals surface area (Å²) in [5.41, 5.74) is 2.48. The van der Waals surface area contributed by atoms with Crippen LogP contribution in [0.5, 0.6) is 0 Å². The number of hydrogen-bond acceptors (Lipinski definition) is 3. The summed E-state index contributed by atoms with van der Waals surface area (Å²) >= 11 is 0. The molecule has 0 bridgehead atoms. The standard InChI is InChI=1S/C10H21N5O/c1-7(2)6-13-10(15-11)14-8-4-3-5-12-9(8)16/h7-8H,3-6,11H2,1-2H3,(H,12,16)(H2,13,14,15). The van der Waals surface area contributed by atoms with Gasteiger partial charge in [0.2, 0.25) is 11.9 Å². The van der Waals surface area contributed by atoms with Crippen molar-refractivity contribution in [1.29, 1.82) is 0 Å². The van der Waals surface area contributed by atoms with Gasteiger partial charge in [-0.1, -0.05) is 13.8 Å². The lowest BCUT2D eigenvalue weighted by atomic mass is 10.1. The SMILES string of the molecule is CC(C)CN=C(NN)NC1CCCNC1=O. The van der Waals surface area contributed by atoms with Crippen LogP contribution in [-0.2, 0) is 4.79 Å². The molecule has 1 atom stereocenters. The second-order valence-corrected chi connectivity index (χ2v) is 4.36. The van der Waals surface area contributed by atoms with Crippen molar-refractivity contribution in [3.8, 4) is 0 Å². The molecule has 92 valence electrons. The zero-order valence-electron chi connectivity index (χ0n) is 9.92. The van der Waals surface area contributed by atoms with Gasteiger partial charge in [0.05, 0.1) is 0 Å². The predicted molar refractivity (Wildman–Crippen MR) is 63.6 cm³/mol. The van der Waals surface area contributed by atoms with E-state index in [2.05, 4.69) is 34.9 Å². The number of amides is 1. The van der Waals surface area contributed by atoms with E-state index in [0.717, 1.165) is 19.4 Å². The Morgan fingerprint density at radius 1 is 1.69 bits per heavy atom. The van der Waals surface area contributed by atoms with Crippen molar-refractivity contribution < 1.29 is 4.79 Å². The average Bonchev–Trinajstić information content (AvgIpc) is 2.26. The van der Waals surface area contributed by atoms with Crippen molar-refractivity contribution in [3.05, 3.63) is 0 Å². The van der Waals surface area contributed by atoms with Crippen LogP contribution in [0.1, 0.15) is 26.7 Å². The number of carbonyl (C=O) groups is 1. The molecule has 16 heavy (non-hydrogen) atoms. The second-order valence-electron chi connectivity index (χ2n) is 4.36. The summed E-state index contributed by atoms with van der Waals surface area (Å²) in [5.74, 6) is 6.30. The molecule has 6 nitrogen and oxygen atoms in total. The number of hydrazine groups is 1. The smallest absolute Gasteiger partial charge is 0.242 e. The van der Waals surface area contributed by atoms with Gasteiger partial charge in [-0.15, -0.1) is 0 Å². The number of piperidine rings is 1. The lowest BCUT2D eigenvalue weighted by Gasteiger charge is -2.24. The molecule has 0 aromatic heterocycles. The maximum absolute atomic E-state index is 11.5. The lowest BCUT2D eigenvalue weighted by Crippen LogP contribution is -2.54. The molecule has 1 fully saturated rings. The molecule has 0 radical (unpaired) electrons. The van der Waals surface area contributed by atoms with Gasteiger partial charge in [-0.2, -0.15) is 0 Å². The first-order chi connectivity index (χ1) is 7.63. The number of rotatable bonds is 3. The highest BCUT2D eigenvalue weighted by atomic mass is 16.2. The predicted octanol–water partition coefficient (Wildman–Crippen LogP) is -0.670. The molecule has 0 saturated carbocycles. The summed E-state index contributed by atoms with van der Waals surface area (Å²) < 4.78 is 0. The van der Waals surface area contributed by atoms with E-state index in [1.165, 1.54) is 0 Å². The second kappa shape index (κ2) is 6.32. The quantitative estimate of drug-likeness (QED) is 0.223. The third kappa shape index (κ3) is 4.06. The van der Waals surface area contributed by atoms with E-state index in [9.17, 15) is 4.79 Å². The van der Waals surface area contributed by atoms with E-state index in [-0.39, 0.29) is 11.9 Å². The summed E-state index contributed by atoms with van der Waals surface area (Å²) in [5, 5.41) is 5.81. The highest BCUT2D eigenvalue weighted by Crippen LogP contribution is 2.02. The van der Waals surface area contributed by atoms with Gasteiger partial charge in [-0.3, -0.25) is 15.2 Å². The zero-order chi connectivity index (χ0) is 12.0. The molecule has 1 aliphatic rings. The fraction of sp³-hybridized carbons (Fsp3) is 0.800. The van der Waals surface area contributed by atoms with Crippen LogP contribution >= 0.6 is 0 Å². The molecule has 0 spiro atoms. The van der Waals surface area contributed by atoms with Gasteiger partial charge in [0.25, 0.3) is 0 Å². The molecule has 6 heteroatoms. The minimum Gasteiger partial charge on any atom is -0.354 e. The molecule has 0 aromatic rings. The molecule has 1 heterocycles. The van der Waals surface area contributed by atoms with Gasteiger partial charge < -0.3 is 10.6 Å². The molecule has 5 N–H and O–H groups in total. The van der Waals surface area contributed by atoms with E-state index >= 15 is 0 Å². The van der Waals surface area contributed by atoms with Gasteiger partial charge in [0.15, 0.2) is 0 Å². The van der Waals surface area contributed by atoms with Crippen molar-refractivity contribution in [3.63, 3.8) is 0 Å². The molecule has 1 unspecified atom stereocenters. The number of hydrogen-bond donors (Lipinski definition) is 4. The number of nitrogens with zero attached hydrogens (tertiary/aromatic N) is 1. The summed E-state index contributed by atoms with van der Waals surface area (Å²) in [7, 11) is 0. The highest BCUT2D eigenvalue weighted by Gasteiger charge is 2.22. The van der Waals surface area contributed by atoms with E-state index in [4.69, 9.17) is 5.84 Å². The Kier molecular flexibility index (Phi) is 5.04. The third-order valence-corrected chi connectivity index (χ3v) is 2.35. The topological polar surface area (TPSA) is 91.5 Å². The number of nitrogens with two attached hydrogens (primary N) is 1. The van der Waals surface area contributed by atoms with Crippen LogP contribution in [0.4, 0.5) is 0 Å². The van der Waals surface area contributed by atoms with E-state index in [1.807, 2.05) is 0 Å². The van der Waals surface area contributed by atoms with Crippen LogP contribution in [0, 0.1) is 5.92 Å². The Labute approximate surface area is 96.0 Å². The number of guanidine groups is 1. The van der Waals surface area contributed by atoms with Crippen molar-refractivity contribution in [2.24, 2.45) is 16.8 Å². The van der Waals surface area contributed by atoms with Crippen molar-refractivity contribution in [2.75, 3.05) is 13.1 Å². The van der Waals surface area contributed by atoms with Crippen LogP contribution in [0.2, 0.25) is 0 Å². The molecule has 0 aliphatic carbocycles. The summed E-state index contributed by atoms with van der Waals surface area (Å²) in [6.07, 6.45) is 1.79. The van der Waals surface area contributed by atoms with Crippen LogP contribution < -0.4 is 21.9 Å². The van der Waals surface area contributed by atoms with Crippen molar-refractivity contribution >= 4 is 11.9 Å². The Morgan fingerprint density at radius 3 is 3.00 bits per heavy atom. The first-order valence-corrected chi connectivity index (χ1v) is 5.68. The maximum atomic E-state index is 11.5. The summed E-state index contributed by atoms with van der Waals surface area (Å²) in [6.45, 7) is 5.59. The van der Waals surface area contributed by atoms with E-state index in [1.54, 1.807) is 0 Å². The highest BCUT2D eigenvalue weighted by molar-refractivity contribution is 5.89. The maximum Gasteiger partial charge on any atom is 0.242 e. The van der Waals surface area contributed by atoms with Gasteiger partial charge >= 0.3 is 0 Å². The molecule has 1 saturated heterocycles. The minimum atomic E-state index is -0.226. The van der Waals surface area contributed by atoms with E-state index in [0.29, 0.717) is 18.4 Å². The monoisotopic (exact) mass is 227 g/mol. The molecule has 1 rings (SSSR count). The van der Waals surface area contributed by atoms with Gasteiger partial charge in [0.1, 0.15) is 6.04 Å². The van der Waals surface area contributed by atoms with Crippen LogP contribution in [0.15, 0.2) is 4.99 Å². The molecular formula is C10H21N5O. The van der Waals surface area contributed by atoms with Crippen LogP contribution in [0.3, 0.4) is 0 Å². The first kappa shape index (κ1) is 12.8. The third-order valence-electron chi connectivity index (χ3n) is 2.35. The zero-order valence-corrected chi connectivity index (χ0v) is 9.92.